The number of anilines is 1. The molecule has 2 aliphatic carbocycles. The molecule has 3 unspecified atom stereocenters. The zero-order chi connectivity index (χ0) is 15.8. The van der Waals surface area contributed by atoms with Gasteiger partial charge in [-0.2, -0.15) is 5.26 Å². The van der Waals surface area contributed by atoms with Gasteiger partial charge in [0, 0.05) is 32.2 Å². The lowest BCUT2D eigenvalue weighted by atomic mass is 9.93. The first-order valence-electron chi connectivity index (χ1n) is 8.85. The van der Waals surface area contributed by atoms with Gasteiger partial charge in [-0.25, -0.2) is 0 Å². The van der Waals surface area contributed by atoms with Gasteiger partial charge in [0.05, 0.1) is 24.4 Å². The summed E-state index contributed by atoms with van der Waals surface area (Å²) in [5.74, 6) is 2.84. The van der Waals surface area contributed by atoms with Crippen LogP contribution < -0.4 is 9.64 Å². The van der Waals surface area contributed by atoms with Gasteiger partial charge in [0.2, 0.25) is 0 Å². The summed E-state index contributed by atoms with van der Waals surface area (Å²) < 4.78 is 5.50. The zero-order valence-corrected chi connectivity index (χ0v) is 13.9. The minimum Gasteiger partial charge on any atom is -0.495 e. The quantitative estimate of drug-likeness (QED) is 0.860. The summed E-state index contributed by atoms with van der Waals surface area (Å²) in [5.41, 5.74) is 1.77. The number of nitrogens with zero attached hydrogens (tertiary/aromatic N) is 3. The van der Waals surface area contributed by atoms with E-state index < -0.39 is 0 Å². The number of hydrogen-bond acceptors (Lipinski definition) is 4. The zero-order valence-electron chi connectivity index (χ0n) is 13.9. The monoisotopic (exact) mass is 311 g/mol. The fourth-order valence-corrected chi connectivity index (χ4v) is 4.96. The predicted octanol–water partition coefficient (Wildman–Crippen LogP) is 2.88. The second-order valence-electron chi connectivity index (χ2n) is 7.26. The molecule has 1 heterocycles. The van der Waals surface area contributed by atoms with Crippen LogP contribution in [0.4, 0.5) is 5.69 Å². The third-order valence-electron chi connectivity index (χ3n) is 6.13. The molecule has 0 radical (unpaired) electrons. The van der Waals surface area contributed by atoms with E-state index in [0.29, 0.717) is 5.56 Å². The highest BCUT2D eigenvalue weighted by atomic mass is 16.5. The largest absolute Gasteiger partial charge is 0.495 e. The van der Waals surface area contributed by atoms with Crippen LogP contribution in [0, 0.1) is 23.2 Å². The number of piperazine rings is 1. The molecule has 4 heteroatoms. The molecule has 0 amide bonds. The highest BCUT2D eigenvalue weighted by molar-refractivity contribution is 5.62. The van der Waals surface area contributed by atoms with Crippen molar-refractivity contribution in [3.63, 3.8) is 0 Å². The Hall–Kier alpha value is -1.73. The highest BCUT2D eigenvalue weighted by Gasteiger charge is 2.42. The van der Waals surface area contributed by atoms with E-state index in [4.69, 9.17) is 10.00 Å². The first-order chi connectivity index (χ1) is 11.3. The molecule has 23 heavy (non-hydrogen) atoms. The standard InChI is InChI=1S/C19H25N3O/c1-23-19-5-3-15(13-20)12-18(19)22-8-6-21(7-9-22)17-11-14-2-4-16(17)10-14/h3,5,12,14,16-17H,2,4,6-11H2,1H3. The second-order valence-corrected chi connectivity index (χ2v) is 7.26. The summed E-state index contributed by atoms with van der Waals surface area (Å²) in [5, 5.41) is 9.15. The topological polar surface area (TPSA) is 39.5 Å². The maximum absolute atomic E-state index is 9.15. The summed E-state index contributed by atoms with van der Waals surface area (Å²) in [7, 11) is 1.70. The van der Waals surface area contributed by atoms with Crippen molar-refractivity contribution in [1.29, 1.82) is 5.26 Å². The van der Waals surface area contributed by atoms with Crippen LogP contribution in [0.2, 0.25) is 0 Å². The molecule has 1 aliphatic heterocycles. The van der Waals surface area contributed by atoms with Crippen LogP contribution in [0.1, 0.15) is 31.2 Å². The average Bonchev–Trinajstić information content (AvgIpc) is 3.24. The summed E-state index contributed by atoms with van der Waals surface area (Å²) in [6, 6.07) is 8.78. The van der Waals surface area contributed by atoms with Crippen LogP contribution in [0.25, 0.3) is 0 Å². The number of hydrogen-bond donors (Lipinski definition) is 0. The van der Waals surface area contributed by atoms with Gasteiger partial charge in [-0.3, -0.25) is 4.90 Å². The molecular weight excluding hydrogens is 286 g/mol. The van der Waals surface area contributed by atoms with Crippen molar-refractivity contribution in [2.75, 3.05) is 38.2 Å². The van der Waals surface area contributed by atoms with Gasteiger partial charge in [0.25, 0.3) is 0 Å². The minimum atomic E-state index is 0.705. The third kappa shape index (κ3) is 2.68. The van der Waals surface area contributed by atoms with Gasteiger partial charge < -0.3 is 9.64 Å². The predicted molar refractivity (Wildman–Crippen MR) is 90.7 cm³/mol. The van der Waals surface area contributed by atoms with Crippen molar-refractivity contribution in [3.8, 4) is 11.8 Å². The number of methoxy groups -OCH3 is 1. The van der Waals surface area contributed by atoms with Crippen molar-refractivity contribution in [2.45, 2.75) is 31.7 Å². The van der Waals surface area contributed by atoms with E-state index in [2.05, 4.69) is 15.9 Å². The Labute approximate surface area is 138 Å². The fourth-order valence-electron chi connectivity index (χ4n) is 4.96. The van der Waals surface area contributed by atoms with E-state index in [1.165, 1.54) is 25.7 Å². The molecule has 0 aromatic heterocycles. The maximum atomic E-state index is 9.15. The van der Waals surface area contributed by atoms with Crippen LogP contribution in [-0.4, -0.2) is 44.2 Å². The SMILES string of the molecule is COc1ccc(C#N)cc1N1CCN(C2CC3CCC2C3)CC1. The lowest BCUT2D eigenvalue weighted by molar-refractivity contribution is 0.135. The number of rotatable bonds is 3. The van der Waals surface area contributed by atoms with Gasteiger partial charge in [-0.15, -0.1) is 0 Å². The van der Waals surface area contributed by atoms with E-state index >= 15 is 0 Å². The number of ether oxygens (including phenoxy) is 1. The number of benzene rings is 1. The van der Waals surface area contributed by atoms with Crippen molar-refractivity contribution >= 4 is 5.69 Å². The minimum absolute atomic E-state index is 0.705. The highest BCUT2D eigenvalue weighted by Crippen LogP contribution is 2.46. The Morgan fingerprint density at radius 3 is 2.57 bits per heavy atom. The van der Waals surface area contributed by atoms with Crippen LogP contribution >= 0.6 is 0 Å². The molecule has 3 fully saturated rings. The molecule has 4 rings (SSSR count). The fraction of sp³-hybridized carbons (Fsp3) is 0.632. The Morgan fingerprint density at radius 2 is 1.96 bits per heavy atom. The lowest BCUT2D eigenvalue weighted by Crippen LogP contribution is -2.51. The Bertz CT molecular complexity index is 616. The molecule has 1 aromatic rings. The van der Waals surface area contributed by atoms with E-state index in [1.807, 2.05) is 18.2 Å². The van der Waals surface area contributed by atoms with Crippen molar-refractivity contribution in [1.82, 2.24) is 4.90 Å². The Morgan fingerprint density at radius 1 is 1.13 bits per heavy atom. The third-order valence-corrected chi connectivity index (χ3v) is 6.13. The first-order valence-corrected chi connectivity index (χ1v) is 8.85. The molecule has 3 atom stereocenters. The van der Waals surface area contributed by atoms with Gasteiger partial charge in [0.15, 0.2) is 0 Å². The van der Waals surface area contributed by atoms with Gasteiger partial charge in [0.1, 0.15) is 5.75 Å². The number of fused-ring (bicyclic) bond motifs is 2. The van der Waals surface area contributed by atoms with Crippen molar-refractivity contribution in [2.24, 2.45) is 11.8 Å². The normalized spacial score (nSPS) is 30.4. The second kappa shape index (κ2) is 6.05. The van der Waals surface area contributed by atoms with E-state index in [-0.39, 0.29) is 0 Å². The van der Waals surface area contributed by atoms with E-state index in [9.17, 15) is 0 Å². The molecule has 122 valence electrons. The summed E-state index contributed by atoms with van der Waals surface area (Å²) >= 11 is 0. The van der Waals surface area contributed by atoms with Crippen LogP contribution in [0.3, 0.4) is 0 Å². The van der Waals surface area contributed by atoms with Crippen LogP contribution in [0.15, 0.2) is 18.2 Å². The molecule has 4 nitrogen and oxygen atoms in total. The number of nitriles is 1. The van der Waals surface area contributed by atoms with Gasteiger partial charge in [-0.1, -0.05) is 6.42 Å². The van der Waals surface area contributed by atoms with Crippen LogP contribution in [-0.2, 0) is 0 Å². The summed E-state index contributed by atoms with van der Waals surface area (Å²) in [6.07, 6.45) is 5.83. The molecule has 0 N–H and O–H groups in total. The van der Waals surface area contributed by atoms with Crippen molar-refractivity contribution in [3.05, 3.63) is 23.8 Å². The van der Waals surface area contributed by atoms with Crippen molar-refractivity contribution < 1.29 is 4.74 Å². The summed E-state index contributed by atoms with van der Waals surface area (Å²) in [6.45, 7) is 4.32. The van der Waals surface area contributed by atoms with Gasteiger partial charge in [-0.05, 0) is 49.3 Å². The maximum Gasteiger partial charge on any atom is 0.142 e. The molecule has 2 bridgehead atoms. The molecule has 1 saturated heterocycles. The average molecular weight is 311 g/mol. The smallest absolute Gasteiger partial charge is 0.142 e. The lowest BCUT2D eigenvalue weighted by Gasteiger charge is -2.42. The van der Waals surface area contributed by atoms with Crippen LogP contribution in [0.5, 0.6) is 5.75 Å². The Kier molecular flexibility index (Phi) is 3.90. The van der Waals surface area contributed by atoms with E-state index in [0.717, 1.165) is 55.5 Å². The molecule has 0 spiro atoms. The molecule has 3 aliphatic rings. The van der Waals surface area contributed by atoms with Gasteiger partial charge >= 0.3 is 0 Å². The Balaban J connectivity index is 1.44. The summed E-state index contributed by atoms with van der Waals surface area (Å²) in [4.78, 5) is 5.10. The van der Waals surface area contributed by atoms with E-state index in [1.54, 1.807) is 7.11 Å². The molecule has 2 saturated carbocycles. The molecular formula is C19H25N3O. The molecule has 1 aromatic carbocycles. The first kappa shape index (κ1) is 14.8.